The van der Waals surface area contributed by atoms with Gasteiger partial charge in [-0.25, -0.2) is 13.6 Å². The second-order valence-electron chi connectivity index (χ2n) is 4.20. The van der Waals surface area contributed by atoms with Gasteiger partial charge in [0.2, 0.25) is 0 Å². The Balaban J connectivity index is 2.05. The van der Waals surface area contributed by atoms with Crippen LogP contribution in [0.3, 0.4) is 0 Å². The van der Waals surface area contributed by atoms with Crippen molar-refractivity contribution in [3.63, 3.8) is 0 Å². The molecule has 0 N–H and O–H groups in total. The highest BCUT2D eigenvalue weighted by molar-refractivity contribution is 6.33. The van der Waals surface area contributed by atoms with Crippen LogP contribution in [0.5, 0.6) is 0 Å². The van der Waals surface area contributed by atoms with Crippen LogP contribution in [-0.2, 0) is 4.79 Å². The minimum atomic E-state index is -1.93. The first kappa shape index (κ1) is 10.3. The molecule has 4 nitrogen and oxygen atoms in total. The van der Waals surface area contributed by atoms with E-state index in [9.17, 15) is 18.4 Å². The van der Waals surface area contributed by atoms with Gasteiger partial charge in [-0.15, -0.1) is 0 Å². The Kier molecular flexibility index (Phi) is 2.01. The van der Waals surface area contributed by atoms with Crippen LogP contribution in [0.4, 0.5) is 13.6 Å². The van der Waals surface area contributed by atoms with E-state index in [1.54, 1.807) is 0 Å². The zero-order chi connectivity index (χ0) is 12.2. The fourth-order valence-corrected chi connectivity index (χ4v) is 1.90. The summed E-state index contributed by atoms with van der Waals surface area (Å²) in [5.41, 5.74) is -0.103. The van der Waals surface area contributed by atoms with Crippen molar-refractivity contribution in [2.75, 3.05) is 0 Å². The summed E-state index contributed by atoms with van der Waals surface area (Å²) in [6.07, 6.45) is 1.25. The number of alkyl halides is 1. The summed E-state index contributed by atoms with van der Waals surface area (Å²) in [6, 6.07) is -0.818. The molecule has 88 valence electrons. The lowest BCUT2D eigenvalue weighted by Crippen LogP contribution is -2.44. The molecule has 3 rings (SSSR count). The molecular weight excluding hydrogens is 230 g/mol. The Morgan fingerprint density at radius 1 is 1.35 bits per heavy atom. The molecule has 1 saturated carbocycles. The molecule has 0 aromatic rings. The molecule has 1 heterocycles. The van der Waals surface area contributed by atoms with E-state index in [1.807, 2.05) is 0 Å². The Morgan fingerprint density at radius 2 is 2.06 bits per heavy atom. The zero-order valence-corrected chi connectivity index (χ0v) is 8.69. The topological polar surface area (TPSA) is 49.7 Å². The van der Waals surface area contributed by atoms with Gasteiger partial charge in [0.05, 0.1) is 11.3 Å². The minimum absolute atomic E-state index is 0.0228. The molecule has 6 heteroatoms. The van der Waals surface area contributed by atoms with Crippen molar-refractivity contribution in [2.45, 2.75) is 25.1 Å². The lowest BCUT2D eigenvalue weighted by Gasteiger charge is -2.26. The molecule has 1 unspecified atom stereocenters. The molecule has 1 atom stereocenters. The molecule has 0 radical (unpaired) electrons. The number of rotatable bonds is 1. The number of aliphatic imine (C=N–C) groups is 1. The highest BCUT2D eigenvalue weighted by Gasteiger charge is 2.43. The van der Waals surface area contributed by atoms with Gasteiger partial charge in [0.1, 0.15) is 5.83 Å². The molecule has 3 amide bonds. The van der Waals surface area contributed by atoms with Crippen LogP contribution in [0.2, 0.25) is 0 Å². The summed E-state index contributed by atoms with van der Waals surface area (Å²) >= 11 is 0. The van der Waals surface area contributed by atoms with E-state index in [4.69, 9.17) is 0 Å². The molecular formula is C11H8F2N2O2. The Hall–Kier alpha value is -1.85. The molecule has 0 bridgehead atoms. The highest BCUT2D eigenvalue weighted by Crippen LogP contribution is 2.33. The third kappa shape index (κ3) is 1.51. The molecule has 1 fully saturated rings. The quantitative estimate of drug-likeness (QED) is 0.697. The third-order valence-electron chi connectivity index (χ3n) is 2.91. The van der Waals surface area contributed by atoms with Gasteiger partial charge in [0, 0.05) is 6.04 Å². The number of halogens is 2. The lowest BCUT2D eigenvalue weighted by atomic mass is 9.99. The standard InChI is InChI=1S/C11H8F2N2O2/c12-7-3-6-9(4-8(7)13)14-11(17)15(10(6)16)5-1-2-5/h3-5,7H,1-2H2. The molecule has 0 saturated heterocycles. The maximum atomic E-state index is 13.1. The van der Waals surface area contributed by atoms with Crippen molar-refractivity contribution < 1.29 is 18.4 Å². The predicted octanol–water partition coefficient (Wildman–Crippen LogP) is 1.68. The maximum absolute atomic E-state index is 13.1. The van der Waals surface area contributed by atoms with Crippen molar-refractivity contribution in [1.29, 1.82) is 0 Å². The molecule has 2 aliphatic carbocycles. The van der Waals surface area contributed by atoms with Crippen molar-refractivity contribution in [3.05, 3.63) is 23.6 Å². The average Bonchev–Trinajstić information content (AvgIpc) is 3.06. The second kappa shape index (κ2) is 3.32. The number of carbonyl (C=O) groups excluding carboxylic acids is 2. The Labute approximate surface area is 95.3 Å². The molecule has 1 aliphatic heterocycles. The van der Waals surface area contributed by atoms with Crippen LogP contribution >= 0.6 is 0 Å². The molecule has 0 spiro atoms. The lowest BCUT2D eigenvalue weighted by molar-refractivity contribution is -0.124. The van der Waals surface area contributed by atoms with Gasteiger partial charge in [-0.1, -0.05) is 0 Å². The van der Waals surface area contributed by atoms with E-state index < -0.39 is 23.9 Å². The first-order valence-electron chi connectivity index (χ1n) is 5.27. The number of nitrogens with zero attached hydrogens (tertiary/aromatic N) is 2. The molecule has 0 aromatic carbocycles. The first-order valence-corrected chi connectivity index (χ1v) is 5.27. The second-order valence-corrected chi connectivity index (χ2v) is 4.20. The van der Waals surface area contributed by atoms with Gasteiger partial charge in [0.15, 0.2) is 6.17 Å². The number of carbonyl (C=O) groups is 2. The SMILES string of the molecule is O=C1N=C2C=C(F)C(F)C=C2C(=O)N1C1CC1. The van der Waals surface area contributed by atoms with Crippen molar-refractivity contribution in [3.8, 4) is 0 Å². The largest absolute Gasteiger partial charge is 0.351 e. The number of urea groups is 1. The minimum Gasteiger partial charge on any atom is -0.268 e. The van der Waals surface area contributed by atoms with Crippen LogP contribution in [0.25, 0.3) is 0 Å². The first-order chi connectivity index (χ1) is 8.08. The summed E-state index contributed by atoms with van der Waals surface area (Å²) in [7, 11) is 0. The van der Waals surface area contributed by atoms with E-state index in [1.165, 1.54) is 0 Å². The summed E-state index contributed by atoms with van der Waals surface area (Å²) in [5, 5.41) is 0. The Morgan fingerprint density at radius 3 is 2.71 bits per heavy atom. The van der Waals surface area contributed by atoms with E-state index >= 15 is 0 Å². The number of amides is 3. The summed E-state index contributed by atoms with van der Waals surface area (Å²) in [6.45, 7) is 0. The van der Waals surface area contributed by atoms with Gasteiger partial charge in [-0.2, -0.15) is 4.99 Å². The number of hydrogen-bond donors (Lipinski definition) is 0. The van der Waals surface area contributed by atoms with Crippen LogP contribution in [-0.4, -0.2) is 34.8 Å². The van der Waals surface area contributed by atoms with Gasteiger partial charge in [-0.3, -0.25) is 9.69 Å². The van der Waals surface area contributed by atoms with Crippen LogP contribution in [0, 0.1) is 0 Å². The maximum Gasteiger partial charge on any atom is 0.351 e. The van der Waals surface area contributed by atoms with Gasteiger partial charge < -0.3 is 0 Å². The number of allylic oxidation sites excluding steroid dienone is 3. The van der Waals surface area contributed by atoms with E-state index in [-0.39, 0.29) is 17.3 Å². The van der Waals surface area contributed by atoms with Crippen molar-refractivity contribution >= 4 is 17.6 Å². The van der Waals surface area contributed by atoms with Crippen molar-refractivity contribution in [2.24, 2.45) is 4.99 Å². The molecule has 3 aliphatic rings. The van der Waals surface area contributed by atoms with Gasteiger partial charge in [-0.05, 0) is 25.0 Å². The number of fused-ring (bicyclic) bond motifs is 1. The van der Waals surface area contributed by atoms with Gasteiger partial charge >= 0.3 is 6.03 Å². The fourth-order valence-electron chi connectivity index (χ4n) is 1.90. The zero-order valence-electron chi connectivity index (χ0n) is 8.69. The number of imide groups is 1. The van der Waals surface area contributed by atoms with E-state index in [0.29, 0.717) is 0 Å². The third-order valence-corrected chi connectivity index (χ3v) is 2.91. The van der Waals surface area contributed by atoms with Crippen LogP contribution in [0.15, 0.2) is 28.5 Å². The Bertz CT molecular complexity index is 518. The number of hydrogen-bond acceptors (Lipinski definition) is 2. The van der Waals surface area contributed by atoms with Gasteiger partial charge in [0.25, 0.3) is 5.91 Å². The summed E-state index contributed by atoms with van der Waals surface area (Å²) < 4.78 is 26.1. The predicted molar refractivity (Wildman–Crippen MR) is 54.9 cm³/mol. The summed E-state index contributed by atoms with van der Waals surface area (Å²) in [4.78, 5) is 28.2. The average molecular weight is 238 g/mol. The smallest absolute Gasteiger partial charge is 0.268 e. The van der Waals surface area contributed by atoms with E-state index in [0.717, 1.165) is 29.9 Å². The monoisotopic (exact) mass is 238 g/mol. The highest BCUT2D eigenvalue weighted by atomic mass is 19.2. The fraction of sp³-hybridized carbons (Fsp3) is 0.364. The normalized spacial score (nSPS) is 28.5. The van der Waals surface area contributed by atoms with Crippen LogP contribution in [0.1, 0.15) is 12.8 Å². The van der Waals surface area contributed by atoms with E-state index in [2.05, 4.69) is 4.99 Å². The summed E-state index contributed by atoms with van der Waals surface area (Å²) in [5.74, 6) is -1.61. The molecule has 17 heavy (non-hydrogen) atoms. The van der Waals surface area contributed by atoms with Crippen LogP contribution < -0.4 is 0 Å². The van der Waals surface area contributed by atoms with Crippen molar-refractivity contribution in [1.82, 2.24) is 4.90 Å². The molecule has 0 aromatic heterocycles.